The van der Waals surface area contributed by atoms with E-state index in [1.54, 1.807) is 12.3 Å². The predicted octanol–water partition coefficient (Wildman–Crippen LogP) is 2.77. The molecule has 0 aromatic carbocycles. The van der Waals surface area contributed by atoms with Crippen molar-refractivity contribution in [2.75, 3.05) is 5.75 Å². The Morgan fingerprint density at radius 1 is 1.44 bits per heavy atom. The van der Waals surface area contributed by atoms with Crippen molar-refractivity contribution in [1.29, 1.82) is 0 Å². The summed E-state index contributed by atoms with van der Waals surface area (Å²) < 4.78 is 11.2. The highest BCUT2D eigenvalue weighted by molar-refractivity contribution is 7.99. The zero-order valence-corrected chi connectivity index (χ0v) is 14.2. The fraction of sp³-hybridized carbons (Fsp3) is 0.250. The van der Waals surface area contributed by atoms with Gasteiger partial charge >= 0.3 is 0 Å². The van der Waals surface area contributed by atoms with Crippen LogP contribution in [0, 0.1) is 6.92 Å². The van der Waals surface area contributed by atoms with Gasteiger partial charge in [0.2, 0.25) is 0 Å². The summed E-state index contributed by atoms with van der Waals surface area (Å²) in [4.78, 5) is 16.7. The van der Waals surface area contributed by atoms with Crippen LogP contribution < -0.4 is 0 Å². The van der Waals surface area contributed by atoms with E-state index in [1.807, 2.05) is 25.1 Å². The molecule has 1 N–H and O–H groups in total. The number of hydrazone groups is 1. The molecular weight excluding hydrogens is 342 g/mol. The van der Waals surface area contributed by atoms with Gasteiger partial charge in [-0.3, -0.25) is 9.89 Å². The van der Waals surface area contributed by atoms with Crippen LogP contribution in [0.2, 0.25) is 0 Å². The maximum Gasteiger partial charge on any atom is 0.253 e. The Kier molecular flexibility index (Phi) is 4.14. The first-order chi connectivity index (χ1) is 12.2. The summed E-state index contributed by atoms with van der Waals surface area (Å²) in [5.41, 5.74) is 0.729. The number of thioether (sulfide) groups is 1. The Balaban J connectivity index is 1.56. The van der Waals surface area contributed by atoms with Crippen LogP contribution in [0.1, 0.15) is 29.7 Å². The SMILES string of the molecule is Cc1ccc(C2=NN(C(=O)CSc3ncn[nH]3)[C@H](c3ccco3)C2)o1. The summed E-state index contributed by atoms with van der Waals surface area (Å²) in [5, 5.41) is 13.0. The topological polar surface area (TPSA) is 101 Å². The molecule has 0 spiro atoms. The lowest BCUT2D eigenvalue weighted by Crippen LogP contribution is -2.28. The molecule has 3 aromatic rings. The van der Waals surface area contributed by atoms with Crippen molar-refractivity contribution in [1.82, 2.24) is 20.2 Å². The van der Waals surface area contributed by atoms with Gasteiger partial charge in [-0.15, -0.1) is 0 Å². The van der Waals surface area contributed by atoms with Gasteiger partial charge in [0.05, 0.1) is 12.0 Å². The molecule has 0 unspecified atom stereocenters. The highest BCUT2D eigenvalue weighted by Crippen LogP contribution is 2.34. The van der Waals surface area contributed by atoms with Gasteiger partial charge in [0.1, 0.15) is 35.4 Å². The van der Waals surface area contributed by atoms with E-state index in [4.69, 9.17) is 8.83 Å². The number of hydrogen-bond donors (Lipinski definition) is 1. The summed E-state index contributed by atoms with van der Waals surface area (Å²) in [7, 11) is 0. The number of furan rings is 2. The summed E-state index contributed by atoms with van der Waals surface area (Å²) >= 11 is 1.28. The number of hydrogen-bond acceptors (Lipinski definition) is 7. The van der Waals surface area contributed by atoms with Gasteiger partial charge in [0, 0.05) is 6.42 Å². The van der Waals surface area contributed by atoms with E-state index in [9.17, 15) is 4.79 Å². The summed E-state index contributed by atoms with van der Waals surface area (Å²) in [6.07, 6.45) is 3.54. The number of rotatable bonds is 5. The number of nitrogens with zero attached hydrogens (tertiary/aromatic N) is 4. The highest BCUT2D eigenvalue weighted by atomic mass is 32.2. The largest absolute Gasteiger partial charge is 0.467 e. The van der Waals surface area contributed by atoms with Gasteiger partial charge in [0.25, 0.3) is 5.91 Å². The molecule has 0 aliphatic carbocycles. The van der Waals surface area contributed by atoms with E-state index < -0.39 is 0 Å². The quantitative estimate of drug-likeness (QED) is 0.705. The number of aromatic nitrogens is 3. The van der Waals surface area contributed by atoms with Gasteiger partial charge in [-0.05, 0) is 31.2 Å². The molecular formula is C16H15N5O3S. The van der Waals surface area contributed by atoms with Gasteiger partial charge in [-0.1, -0.05) is 11.8 Å². The molecule has 9 heteroatoms. The minimum absolute atomic E-state index is 0.138. The van der Waals surface area contributed by atoms with E-state index >= 15 is 0 Å². The number of carbonyl (C=O) groups excluding carboxylic acids is 1. The van der Waals surface area contributed by atoms with Crippen molar-refractivity contribution in [2.24, 2.45) is 5.10 Å². The number of H-pyrrole nitrogens is 1. The third-order valence-corrected chi connectivity index (χ3v) is 4.65. The van der Waals surface area contributed by atoms with E-state index in [2.05, 4.69) is 20.3 Å². The second-order valence-electron chi connectivity index (χ2n) is 5.51. The monoisotopic (exact) mass is 357 g/mol. The molecule has 3 aromatic heterocycles. The van der Waals surface area contributed by atoms with E-state index in [1.165, 1.54) is 23.1 Å². The fourth-order valence-electron chi connectivity index (χ4n) is 2.64. The minimum Gasteiger partial charge on any atom is -0.467 e. The minimum atomic E-state index is -0.279. The molecule has 0 saturated carbocycles. The third kappa shape index (κ3) is 3.22. The maximum atomic E-state index is 12.7. The standard InChI is InChI=1S/C16H15N5O3S/c1-10-4-5-13(24-10)11-7-12(14-3-2-6-23-14)21(20-11)15(22)8-25-16-17-9-18-19-16/h2-6,9,12H,7-8H2,1H3,(H,17,18,19)/t12-/m0/s1. The number of nitrogens with one attached hydrogen (secondary N) is 1. The van der Waals surface area contributed by atoms with Gasteiger partial charge < -0.3 is 8.83 Å². The van der Waals surface area contributed by atoms with Crippen LogP contribution in [0.4, 0.5) is 0 Å². The first-order valence-corrected chi connectivity index (χ1v) is 8.67. The average molecular weight is 357 g/mol. The molecule has 8 nitrogen and oxygen atoms in total. The first kappa shape index (κ1) is 15.7. The van der Waals surface area contributed by atoms with Crippen LogP contribution in [0.15, 0.2) is 55.9 Å². The van der Waals surface area contributed by atoms with Gasteiger partial charge in [-0.2, -0.15) is 10.2 Å². The second kappa shape index (κ2) is 6.60. The smallest absolute Gasteiger partial charge is 0.253 e. The van der Waals surface area contributed by atoms with Crippen molar-refractivity contribution in [2.45, 2.75) is 24.5 Å². The fourth-order valence-corrected chi connectivity index (χ4v) is 3.27. The van der Waals surface area contributed by atoms with Crippen LogP contribution >= 0.6 is 11.8 Å². The Bertz CT molecular complexity index is 885. The molecule has 1 aliphatic rings. The van der Waals surface area contributed by atoms with E-state index in [0.29, 0.717) is 23.1 Å². The Hall–Kier alpha value is -2.81. The number of carbonyl (C=O) groups is 1. The van der Waals surface area contributed by atoms with Crippen LogP contribution in [-0.4, -0.2) is 37.6 Å². The van der Waals surface area contributed by atoms with Crippen molar-refractivity contribution >= 4 is 23.4 Å². The number of aryl methyl sites for hydroxylation is 1. The Morgan fingerprint density at radius 3 is 3.04 bits per heavy atom. The lowest BCUT2D eigenvalue weighted by molar-refractivity contribution is -0.130. The van der Waals surface area contributed by atoms with Crippen LogP contribution in [0.3, 0.4) is 0 Å². The molecule has 0 saturated heterocycles. The van der Waals surface area contributed by atoms with E-state index in [0.717, 1.165) is 11.5 Å². The molecule has 0 radical (unpaired) electrons. The van der Waals surface area contributed by atoms with E-state index in [-0.39, 0.29) is 17.7 Å². The lowest BCUT2D eigenvalue weighted by Gasteiger charge is -2.19. The number of aromatic amines is 1. The van der Waals surface area contributed by atoms with Crippen LogP contribution in [0.5, 0.6) is 0 Å². The molecule has 0 fully saturated rings. The van der Waals surface area contributed by atoms with Crippen molar-refractivity contribution in [3.05, 3.63) is 54.1 Å². The zero-order chi connectivity index (χ0) is 17.2. The molecule has 0 bridgehead atoms. The summed E-state index contributed by atoms with van der Waals surface area (Å²) in [6.45, 7) is 1.87. The van der Waals surface area contributed by atoms with Crippen molar-refractivity contribution < 1.29 is 13.6 Å². The normalized spacial score (nSPS) is 17.1. The summed E-state index contributed by atoms with van der Waals surface area (Å²) in [6, 6.07) is 7.11. The van der Waals surface area contributed by atoms with Gasteiger partial charge in [-0.25, -0.2) is 9.99 Å². The average Bonchev–Trinajstić information content (AvgIpc) is 3.38. The molecule has 25 heavy (non-hydrogen) atoms. The van der Waals surface area contributed by atoms with Crippen molar-refractivity contribution in [3.63, 3.8) is 0 Å². The molecule has 1 aliphatic heterocycles. The highest BCUT2D eigenvalue weighted by Gasteiger charge is 2.35. The Morgan fingerprint density at radius 2 is 2.36 bits per heavy atom. The maximum absolute atomic E-state index is 12.7. The molecule has 1 amide bonds. The first-order valence-electron chi connectivity index (χ1n) is 7.68. The van der Waals surface area contributed by atoms with Gasteiger partial charge in [0.15, 0.2) is 5.16 Å². The lowest BCUT2D eigenvalue weighted by atomic mass is 10.1. The number of amides is 1. The summed E-state index contributed by atoms with van der Waals surface area (Å²) in [5.74, 6) is 2.23. The molecule has 4 rings (SSSR count). The van der Waals surface area contributed by atoms with Crippen LogP contribution in [0.25, 0.3) is 0 Å². The molecule has 4 heterocycles. The zero-order valence-electron chi connectivity index (χ0n) is 13.4. The molecule has 1 atom stereocenters. The molecule has 128 valence electrons. The predicted molar refractivity (Wildman–Crippen MR) is 90.0 cm³/mol. The third-order valence-electron chi connectivity index (χ3n) is 3.79. The Labute approximate surface area is 147 Å². The van der Waals surface area contributed by atoms with Crippen LogP contribution in [-0.2, 0) is 4.79 Å². The second-order valence-corrected chi connectivity index (χ2v) is 6.47. The van der Waals surface area contributed by atoms with Crippen molar-refractivity contribution in [3.8, 4) is 0 Å².